The minimum atomic E-state index is -1.33. The molecule has 1 heterocycles. The molecule has 0 aromatic carbocycles. The van der Waals surface area contributed by atoms with Gasteiger partial charge in [-0.05, 0) is 6.92 Å². The summed E-state index contributed by atoms with van der Waals surface area (Å²) in [5.74, 6) is -2.19. The highest BCUT2D eigenvalue weighted by Gasteiger charge is 2.19. The van der Waals surface area contributed by atoms with Gasteiger partial charge in [-0.25, -0.2) is 9.78 Å². The van der Waals surface area contributed by atoms with Crippen molar-refractivity contribution < 1.29 is 14.3 Å². The van der Waals surface area contributed by atoms with Crippen LogP contribution in [0.2, 0.25) is 10.2 Å². The van der Waals surface area contributed by atoms with Gasteiger partial charge >= 0.3 is 5.97 Å². The number of rotatable bonds is 1. The van der Waals surface area contributed by atoms with Crippen molar-refractivity contribution in [2.24, 2.45) is 0 Å². The molecule has 0 saturated carbocycles. The fraction of sp³-hybridized carbons (Fsp3) is 0.143. The zero-order chi connectivity index (χ0) is 10.2. The lowest BCUT2D eigenvalue weighted by molar-refractivity contribution is 0.0696. The molecule has 1 N–H and O–H groups in total. The molecule has 0 saturated heterocycles. The molecule has 0 spiro atoms. The zero-order valence-electron chi connectivity index (χ0n) is 6.44. The average Bonchev–Trinajstić information content (AvgIpc) is 1.99. The Bertz CT molecular complexity index is 381. The summed E-state index contributed by atoms with van der Waals surface area (Å²) in [6.45, 7) is 1.33. The van der Waals surface area contributed by atoms with E-state index in [4.69, 9.17) is 28.3 Å². The minimum Gasteiger partial charge on any atom is -0.478 e. The first kappa shape index (κ1) is 10.2. The van der Waals surface area contributed by atoms with E-state index in [-0.39, 0.29) is 16.1 Å². The largest absolute Gasteiger partial charge is 0.478 e. The summed E-state index contributed by atoms with van der Waals surface area (Å²) in [5.41, 5.74) is -0.397. The first-order valence-electron chi connectivity index (χ1n) is 3.19. The topological polar surface area (TPSA) is 50.2 Å². The van der Waals surface area contributed by atoms with E-state index in [1.54, 1.807) is 0 Å². The minimum absolute atomic E-state index is 0.0246. The van der Waals surface area contributed by atoms with Crippen LogP contribution >= 0.6 is 23.2 Å². The van der Waals surface area contributed by atoms with Crippen molar-refractivity contribution in [1.82, 2.24) is 4.98 Å². The quantitative estimate of drug-likeness (QED) is 0.745. The lowest BCUT2D eigenvalue weighted by atomic mass is 10.2. The maximum absolute atomic E-state index is 12.8. The van der Waals surface area contributed by atoms with E-state index >= 15 is 0 Å². The van der Waals surface area contributed by atoms with Gasteiger partial charge in [-0.15, -0.1) is 0 Å². The van der Waals surface area contributed by atoms with Crippen LogP contribution < -0.4 is 0 Å². The second-order valence-electron chi connectivity index (χ2n) is 2.31. The third kappa shape index (κ3) is 1.73. The molecule has 0 amide bonds. The molecule has 0 radical (unpaired) electrons. The van der Waals surface area contributed by atoms with E-state index in [1.165, 1.54) is 6.92 Å². The summed E-state index contributed by atoms with van der Waals surface area (Å²) in [6, 6.07) is 0. The second kappa shape index (κ2) is 3.47. The van der Waals surface area contributed by atoms with E-state index in [2.05, 4.69) is 4.98 Å². The number of hydrogen-bond acceptors (Lipinski definition) is 2. The molecule has 0 aliphatic rings. The summed E-state index contributed by atoms with van der Waals surface area (Å²) < 4.78 is 12.8. The Labute approximate surface area is 83.1 Å². The van der Waals surface area contributed by atoms with Gasteiger partial charge in [0.05, 0.1) is 5.02 Å². The Balaban J connectivity index is 3.53. The van der Waals surface area contributed by atoms with Gasteiger partial charge in [0.25, 0.3) is 0 Å². The first-order chi connectivity index (χ1) is 5.95. The van der Waals surface area contributed by atoms with Gasteiger partial charge in [-0.1, -0.05) is 23.2 Å². The molecular weight excluding hydrogens is 220 g/mol. The summed E-state index contributed by atoms with van der Waals surface area (Å²) >= 11 is 10.9. The number of carbonyl (C=O) groups is 1. The Morgan fingerprint density at radius 3 is 2.54 bits per heavy atom. The zero-order valence-corrected chi connectivity index (χ0v) is 7.95. The molecule has 0 aliphatic carbocycles. The van der Waals surface area contributed by atoms with Crippen molar-refractivity contribution in [1.29, 1.82) is 0 Å². The normalized spacial score (nSPS) is 10.2. The molecule has 1 aromatic rings. The molecule has 0 aliphatic heterocycles. The number of halogens is 3. The molecule has 13 heavy (non-hydrogen) atoms. The van der Waals surface area contributed by atoms with E-state index in [9.17, 15) is 9.18 Å². The van der Waals surface area contributed by atoms with E-state index in [0.29, 0.717) is 0 Å². The highest BCUT2D eigenvalue weighted by molar-refractivity contribution is 6.39. The van der Waals surface area contributed by atoms with E-state index in [0.717, 1.165) is 0 Å². The standard InChI is InChI=1S/C7H4Cl2FNO2/c1-2-4(8)3(7(12)13)5(9)11-6(2)10/h1H3,(H,12,13). The molecule has 70 valence electrons. The Hall–Kier alpha value is -0.870. The maximum Gasteiger partial charge on any atom is 0.340 e. The van der Waals surface area contributed by atoms with E-state index in [1.807, 2.05) is 0 Å². The lowest BCUT2D eigenvalue weighted by Gasteiger charge is -2.04. The predicted octanol–water partition coefficient (Wildman–Crippen LogP) is 2.53. The highest BCUT2D eigenvalue weighted by Crippen LogP contribution is 2.27. The van der Waals surface area contributed by atoms with Crippen molar-refractivity contribution in [2.45, 2.75) is 6.92 Å². The molecule has 6 heteroatoms. The molecule has 0 unspecified atom stereocenters. The second-order valence-corrected chi connectivity index (χ2v) is 3.05. The number of aromatic carboxylic acids is 1. The summed E-state index contributed by atoms with van der Waals surface area (Å²) in [4.78, 5) is 13.8. The predicted molar refractivity (Wildman–Crippen MR) is 45.9 cm³/mol. The van der Waals surface area contributed by atoms with Crippen LogP contribution in [-0.4, -0.2) is 16.1 Å². The first-order valence-corrected chi connectivity index (χ1v) is 3.95. The lowest BCUT2D eigenvalue weighted by Crippen LogP contribution is -2.04. The van der Waals surface area contributed by atoms with Crippen LogP contribution in [0, 0.1) is 12.9 Å². The van der Waals surface area contributed by atoms with Gasteiger partial charge in [0.1, 0.15) is 10.7 Å². The molecule has 3 nitrogen and oxygen atoms in total. The third-order valence-corrected chi connectivity index (χ3v) is 2.22. The number of carboxylic acid groups (broad SMARTS) is 1. The fourth-order valence-electron chi connectivity index (χ4n) is 0.777. The van der Waals surface area contributed by atoms with Crippen LogP contribution in [0.4, 0.5) is 4.39 Å². The maximum atomic E-state index is 12.8. The van der Waals surface area contributed by atoms with Crippen LogP contribution in [0.25, 0.3) is 0 Å². The number of nitrogens with zero attached hydrogens (tertiary/aromatic N) is 1. The summed E-state index contributed by atoms with van der Waals surface area (Å²) in [5, 5.41) is 7.97. The number of pyridine rings is 1. The van der Waals surface area contributed by atoms with Gasteiger partial charge in [-0.2, -0.15) is 4.39 Å². The van der Waals surface area contributed by atoms with Crippen molar-refractivity contribution in [3.8, 4) is 0 Å². The number of aromatic nitrogens is 1. The van der Waals surface area contributed by atoms with Gasteiger partial charge in [-0.3, -0.25) is 0 Å². The molecule has 1 aromatic heterocycles. The SMILES string of the molecule is Cc1c(F)nc(Cl)c(C(=O)O)c1Cl. The summed E-state index contributed by atoms with van der Waals surface area (Å²) in [6.07, 6.45) is 0. The van der Waals surface area contributed by atoms with Gasteiger partial charge in [0.15, 0.2) is 0 Å². The fourth-order valence-corrected chi connectivity index (χ4v) is 1.32. The third-order valence-electron chi connectivity index (χ3n) is 1.47. The molecule has 0 fully saturated rings. The van der Waals surface area contributed by atoms with Crippen molar-refractivity contribution >= 4 is 29.2 Å². The molecule has 0 atom stereocenters. The van der Waals surface area contributed by atoms with Gasteiger partial charge in [0.2, 0.25) is 5.95 Å². The molecule has 1 rings (SSSR count). The van der Waals surface area contributed by atoms with Crippen LogP contribution in [0.15, 0.2) is 0 Å². The van der Waals surface area contributed by atoms with Gasteiger partial charge in [0, 0.05) is 5.56 Å². The number of carboxylic acids is 1. The van der Waals surface area contributed by atoms with Crippen molar-refractivity contribution in [2.75, 3.05) is 0 Å². The van der Waals surface area contributed by atoms with Crippen molar-refractivity contribution in [3.63, 3.8) is 0 Å². The van der Waals surface area contributed by atoms with Crippen molar-refractivity contribution in [3.05, 3.63) is 27.3 Å². The van der Waals surface area contributed by atoms with E-state index < -0.39 is 17.1 Å². The van der Waals surface area contributed by atoms with Crippen LogP contribution in [0.3, 0.4) is 0 Å². The van der Waals surface area contributed by atoms with Gasteiger partial charge < -0.3 is 5.11 Å². The average molecular weight is 224 g/mol. The Kier molecular flexibility index (Phi) is 2.73. The smallest absolute Gasteiger partial charge is 0.340 e. The van der Waals surface area contributed by atoms with Crippen LogP contribution in [0.5, 0.6) is 0 Å². The van der Waals surface area contributed by atoms with Crippen LogP contribution in [0.1, 0.15) is 15.9 Å². The summed E-state index contributed by atoms with van der Waals surface area (Å²) in [7, 11) is 0. The van der Waals surface area contributed by atoms with Crippen LogP contribution in [-0.2, 0) is 0 Å². The monoisotopic (exact) mass is 223 g/mol. The highest BCUT2D eigenvalue weighted by atomic mass is 35.5. The molecular formula is C7H4Cl2FNO2. The Morgan fingerprint density at radius 1 is 1.54 bits per heavy atom. The Morgan fingerprint density at radius 2 is 2.08 bits per heavy atom. The molecule has 0 bridgehead atoms. The number of hydrogen-bond donors (Lipinski definition) is 1.